The Morgan fingerprint density at radius 3 is 2.12 bits per heavy atom. The van der Waals surface area contributed by atoms with Crippen molar-refractivity contribution < 1.29 is 9.90 Å². The topological polar surface area (TPSA) is 52.6 Å². The first kappa shape index (κ1) is 16.4. The number of carbonyl (C=O) groups is 1. The molecule has 102 valence electrons. The van der Waals surface area contributed by atoms with Gasteiger partial charge in [0.05, 0.1) is 0 Å². The Hall–Kier alpha value is -0.610. The highest BCUT2D eigenvalue weighted by Gasteiger charge is 2.35. The highest BCUT2D eigenvalue weighted by atomic mass is 16.4. The molecule has 0 unspecified atom stereocenters. The number of nitrogens with zero attached hydrogens (tertiary/aromatic N) is 1. The molecule has 0 aromatic rings. The van der Waals surface area contributed by atoms with Crippen molar-refractivity contribution in [3.63, 3.8) is 0 Å². The predicted octanol–water partition coefficient (Wildman–Crippen LogP) is 1.95. The van der Waals surface area contributed by atoms with Crippen molar-refractivity contribution in [2.24, 2.45) is 0 Å². The summed E-state index contributed by atoms with van der Waals surface area (Å²) in [7, 11) is 2.05. The van der Waals surface area contributed by atoms with Crippen LogP contribution in [0.15, 0.2) is 0 Å². The molecule has 0 rings (SSSR count). The summed E-state index contributed by atoms with van der Waals surface area (Å²) < 4.78 is 0. The molecular formula is C13H28N2O2. The van der Waals surface area contributed by atoms with Gasteiger partial charge in [0.15, 0.2) is 0 Å². The molecule has 4 heteroatoms. The van der Waals surface area contributed by atoms with Crippen molar-refractivity contribution in [2.45, 2.75) is 52.0 Å². The Labute approximate surface area is 105 Å². The minimum Gasteiger partial charge on any atom is -0.480 e. The monoisotopic (exact) mass is 244 g/mol. The van der Waals surface area contributed by atoms with Gasteiger partial charge in [0.2, 0.25) is 0 Å². The fourth-order valence-corrected chi connectivity index (χ4v) is 2.09. The Kier molecular flexibility index (Phi) is 8.17. The number of hydrogen-bond acceptors (Lipinski definition) is 3. The van der Waals surface area contributed by atoms with Crippen LogP contribution in [0.25, 0.3) is 0 Å². The first-order valence-corrected chi connectivity index (χ1v) is 6.69. The van der Waals surface area contributed by atoms with Crippen molar-refractivity contribution >= 4 is 5.97 Å². The second-order valence-electron chi connectivity index (χ2n) is 4.71. The van der Waals surface area contributed by atoms with Crippen LogP contribution in [0.2, 0.25) is 0 Å². The summed E-state index contributed by atoms with van der Waals surface area (Å²) >= 11 is 0. The molecule has 0 aliphatic heterocycles. The third kappa shape index (κ3) is 5.50. The van der Waals surface area contributed by atoms with E-state index in [1.54, 1.807) is 0 Å². The molecule has 0 saturated carbocycles. The second kappa shape index (κ2) is 8.48. The molecular weight excluding hydrogens is 216 g/mol. The van der Waals surface area contributed by atoms with Crippen LogP contribution < -0.4 is 5.32 Å². The molecule has 0 aliphatic carbocycles. The van der Waals surface area contributed by atoms with E-state index in [4.69, 9.17) is 0 Å². The van der Waals surface area contributed by atoms with Gasteiger partial charge in [0.1, 0.15) is 5.54 Å². The van der Waals surface area contributed by atoms with Gasteiger partial charge >= 0.3 is 5.97 Å². The summed E-state index contributed by atoms with van der Waals surface area (Å²) in [5.74, 6) is -0.708. The highest BCUT2D eigenvalue weighted by Crippen LogP contribution is 2.20. The molecule has 0 atom stereocenters. The van der Waals surface area contributed by atoms with Gasteiger partial charge in [0.25, 0.3) is 0 Å². The zero-order chi connectivity index (χ0) is 13.3. The molecule has 17 heavy (non-hydrogen) atoms. The van der Waals surface area contributed by atoms with Crippen LogP contribution in [0.4, 0.5) is 0 Å². The molecule has 0 bridgehead atoms. The largest absolute Gasteiger partial charge is 0.480 e. The number of nitrogens with one attached hydrogen (secondary N) is 1. The molecule has 0 saturated heterocycles. The van der Waals surface area contributed by atoms with E-state index in [0.717, 1.165) is 32.5 Å². The lowest BCUT2D eigenvalue weighted by molar-refractivity contribution is -0.145. The van der Waals surface area contributed by atoms with Gasteiger partial charge in [-0.25, -0.2) is 0 Å². The standard InChI is InChI=1S/C13H28N2O2/c1-5-8-13(9-6-2,12(16)17)14-10-11-15(4)7-3/h14H,5-11H2,1-4H3,(H,16,17). The Bertz CT molecular complexity index is 213. The zero-order valence-corrected chi connectivity index (χ0v) is 11.8. The van der Waals surface area contributed by atoms with Gasteiger partial charge in [-0.1, -0.05) is 33.6 Å². The third-order valence-corrected chi connectivity index (χ3v) is 3.26. The number of aliphatic carboxylic acids is 1. The first-order valence-electron chi connectivity index (χ1n) is 6.69. The second-order valence-corrected chi connectivity index (χ2v) is 4.71. The summed E-state index contributed by atoms with van der Waals surface area (Å²) in [4.78, 5) is 13.6. The summed E-state index contributed by atoms with van der Waals surface area (Å²) in [6.45, 7) is 8.78. The fraction of sp³-hybridized carbons (Fsp3) is 0.923. The van der Waals surface area contributed by atoms with Crippen molar-refractivity contribution in [2.75, 3.05) is 26.7 Å². The molecule has 2 N–H and O–H groups in total. The van der Waals surface area contributed by atoms with Gasteiger partial charge < -0.3 is 15.3 Å². The number of carboxylic acid groups (broad SMARTS) is 1. The smallest absolute Gasteiger partial charge is 0.323 e. The average molecular weight is 244 g/mol. The molecule has 0 aromatic heterocycles. The van der Waals surface area contributed by atoms with E-state index in [0.29, 0.717) is 12.8 Å². The van der Waals surface area contributed by atoms with Crippen molar-refractivity contribution in [1.82, 2.24) is 10.2 Å². The minimum absolute atomic E-state index is 0.700. The molecule has 0 fully saturated rings. The van der Waals surface area contributed by atoms with Crippen molar-refractivity contribution in [3.8, 4) is 0 Å². The highest BCUT2D eigenvalue weighted by molar-refractivity contribution is 5.78. The molecule has 0 radical (unpaired) electrons. The summed E-state index contributed by atoms with van der Waals surface area (Å²) in [5, 5.41) is 12.7. The zero-order valence-electron chi connectivity index (χ0n) is 11.8. The Morgan fingerprint density at radius 2 is 1.76 bits per heavy atom. The van der Waals surface area contributed by atoms with Crippen LogP contribution >= 0.6 is 0 Å². The molecule has 0 spiro atoms. The number of rotatable bonds is 10. The fourth-order valence-electron chi connectivity index (χ4n) is 2.09. The van der Waals surface area contributed by atoms with Gasteiger partial charge in [-0.3, -0.25) is 4.79 Å². The molecule has 0 aromatic carbocycles. The summed E-state index contributed by atoms with van der Waals surface area (Å²) in [6.07, 6.45) is 3.18. The maximum atomic E-state index is 11.5. The van der Waals surface area contributed by atoms with Crippen LogP contribution in [0.5, 0.6) is 0 Å². The number of likely N-dealkylation sites (N-methyl/N-ethyl adjacent to an activating group) is 1. The average Bonchev–Trinajstić information content (AvgIpc) is 2.28. The van der Waals surface area contributed by atoms with E-state index >= 15 is 0 Å². The van der Waals surface area contributed by atoms with E-state index in [2.05, 4.69) is 17.1 Å². The maximum absolute atomic E-state index is 11.5. The van der Waals surface area contributed by atoms with E-state index < -0.39 is 11.5 Å². The third-order valence-electron chi connectivity index (χ3n) is 3.26. The Balaban J connectivity index is 4.40. The normalized spacial score (nSPS) is 12.1. The van der Waals surface area contributed by atoms with Crippen LogP contribution in [-0.2, 0) is 4.79 Å². The van der Waals surface area contributed by atoms with Crippen LogP contribution in [0, 0.1) is 0 Å². The van der Waals surface area contributed by atoms with Crippen LogP contribution in [0.1, 0.15) is 46.5 Å². The molecule has 0 heterocycles. The Morgan fingerprint density at radius 1 is 1.24 bits per heavy atom. The number of carboxylic acids is 1. The first-order chi connectivity index (χ1) is 8.02. The van der Waals surface area contributed by atoms with Crippen molar-refractivity contribution in [1.29, 1.82) is 0 Å². The van der Waals surface area contributed by atoms with Gasteiger partial charge in [-0.2, -0.15) is 0 Å². The summed E-state index contributed by atoms with van der Waals surface area (Å²) in [6, 6.07) is 0. The lowest BCUT2D eigenvalue weighted by Crippen LogP contribution is -2.53. The SMILES string of the molecule is CCCC(CCC)(NCCN(C)CC)C(=O)O. The number of hydrogen-bond donors (Lipinski definition) is 2. The quantitative estimate of drug-likeness (QED) is 0.617. The van der Waals surface area contributed by atoms with Crippen LogP contribution in [-0.4, -0.2) is 48.2 Å². The van der Waals surface area contributed by atoms with E-state index in [-0.39, 0.29) is 0 Å². The lowest BCUT2D eigenvalue weighted by atomic mass is 9.88. The summed E-state index contributed by atoms with van der Waals surface area (Å²) in [5.41, 5.74) is -0.724. The van der Waals surface area contributed by atoms with E-state index in [1.807, 2.05) is 20.9 Å². The minimum atomic E-state index is -0.724. The maximum Gasteiger partial charge on any atom is 0.323 e. The van der Waals surface area contributed by atoms with Gasteiger partial charge in [0, 0.05) is 13.1 Å². The molecule has 4 nitrogen and oxygen atoms in total. The predicted molar refractivity (Wildman–Crippen MR) is 71.4 cm³/mol. The lowest BCUT2D eigenvalue weighted by Gasteiger charge is -2.31. The van der Waals surface area contributed by atoms with Crippen LogP contribution in [0.3, 0.4) is 0 Å². The van der Waals surface area contributed by atoms with E-state index in [1.165, 1.54) is 0 Å². The molecule has 0 amide bonds. The van der Waals surface area contributed by atoms with Crippen molar-refractivity contribution in [3.05, 3.63) is 0 Å². The van der Waals surface area contributed by atoms with Gasteiger partial charge in [-0.05, 0) is 26.4 Å². The van der Waals surface area contributed by atoms with E-state index in [9.17, 15) is 9.90 Å². The molecule has 0 aliphatic rings. The van der Waals surface area contributed by atoms with Gasteiger partial charge in [-0.15, -0.1) is 0 Å².